The van der Waals surface area contributed by atoms with Gasteiger partial charge in [-0.05, 0) is 25.8 Å². The van der Waals surface area contributed by atoms with Gasteiger partial charge in [0.05, 0.1) is 12.5 Å². The number of hydrogen-bond acceptors (Lipinski definition) is 5. The van der Waals surface area contributed by atoms with Crippen LogP contribution in [-0.4, -0.2) is 36.5 Å². The first-order chi connectivity index (χ1) is 7.93. The Kier molecular flexibility index (Phi) is 2.88. The molecule has 2 unspecified atom stereocenters. The lowest BCUT2D eigenvalue weighted by Gasteiger charge is -2.19. The smallest absolute Gasteiger partial charge is 0.222 e. The molecule has 0 radical (unpaired) electrons. The second kappa shape index (κ2) is 4.51. The van der Waals surface area contributed by atoms with Gasteiger partial charge in [0.2, 0.25) is 11.8 Å². The Morgan fingerprint density at radius 1 is 1.12 bits per heavy atom. The molecule has 2 aliphatic heterocycles. The molecule has 2 aliphatic rings. The zero-order chi connectivity index (χ0) is 10.8. The van der Waals surface area contributed by atoms with Crippen LogP contribution in [0.4, 0.5) is 0 Å². The van der Waals surface area contributed by atoms with Crippen molar-refractivity contribution in [2.75, 3.05) is 26.3 Å². The van der Waals surface area contributed by atoms with Crippen LogP contribution in [0.2, 0.25) is 0 Å². The zero-order valence-corrected chi connectivity index (χ0v) is 9.32. The summed E-state index contributed by atoms with van der Waals surface area (Å²) in [6.45, 7) is 3.61. The molecule has 1 aromatic rings. The standard InChI is InChI=1S/C11H17N3O2/c1-2-8(6-12-4-1)10-13-14-11(16-10)9-3-5-15-7-9/h8-9,12H,1-7H2. The second-order valence-electron chi connectivity index (χ2n) is 4.58. The number of rotatable bonds is 2. The number of nitrogens with one attached hydrogen (secondary N) is 1. The van der Waals surface area contributed by atoms with Crippen LogP contribution < -0.4 is 5.32 Å². The van der Waals surface area contributed by atoms with Crippen molar-refractivity contribution in [2.24, 2.45) is 0 Å². The first-order valence-corrected chi connectivity index (χ1v) is 6.05. The van der Waals surface area contributed by atoms with Gasteiger partial charge in [-0.25, -0.2) is 0 Å². The molecule has 3 rings (SSSR count). The molecule has 0 spiro atoms. The van der Waals surface area contributed by atoms with E-state index in [0.29, 0.717) is 11.8 Å². The summed E-state index contributed by atoms with van der Waals surface area (Å²) in [5.74, 6) is 2.28. The normalized spacial score (nSPS) is 30.8. The molecule has 2 fully saturated rings. The van der Waals surface area contributed by atoms with E-state index in [-0.39, 0.29) is 0 Å². The minimum atomic E-state index is 0.317. The number of piperidine rings is 1. The molecule has 2 atom stereocenters. The lowest BCUT2D eigenvalue weighted by atomic mass is 10.00. The van der Waals surface area contributed by atoms with E-state index < -0.39 is 0 Å². The van der Waals surface area contributed by atoms with E-state index in [4.69, 9.17) is 9.15 Å². The van der Waals surface area contributed by atoms with Crippen LogP contribution >= 0.6 is 0 Å². The third-order valence-corrected chi connectivity index (χ3v) is 3.38. The second-order valence-corrected chi connectivity index (χ2v) is 4.58. The average Bonchev–Trinajstić information content (AvgIpc) is 3.01. The van der Waals surface area contributed by atoms with Crippen molar-refractivity contribution in [3.8, 4) is 0 Å². The Morgan fingerprint density at radius 2 is 2.00 bits per heavy atom. The van der Waals surface area contributed by atoms with Crippen LogP contribution in [-0.2, 0) is 4.74 Å². The number of ether oxygens (including phenoxy) is 1. The summed E-state index contributed by atoms with van der Waals surface area (Å²) in [5, 5.41) is 11.7. The SMILES string of the molecule is C1CNCC(c2nnc(C3CCOC3)o2)C1. The first-order valence-electron chi connectivity index (χ1n) is 6.05. The van der Waals surface area contributed by atoms with Crippen LogP contribution in [0.15, 0.2) is 4.42 Å². The monoisotopic (exact) mass is 223 g/mol. The molecular formula is C11H17N3O2. The van der Waals surface area contributed by atoms with Crippen molar-refractivity contribution in [3.63, 3.8) is 0 Å². The summed E-state index contributed by atoms with van der Waals surface area (Å²) in [7, 11) is 0. The number of hydrogen-bond donors (Lipinski definition) is 1. The van der Waals surface area contributed by atoms with Crippen LogP contribution in [0.5, 0.6) is 0 Å². The van der Waals surface area contributed by atoms with Gasteiger partial charge in [0.25, 0.3) is 0 Å². The van der Waals surface area contributed by atoms with Crippen LogP contribution in [0.1, 0.15) is 42.9 Å². The molecule has 1 aromatic heterocycles. The van der Waals surface area contributed by atoms with E-state index in [0.717, 1.165) is 50.9 Å². The van der Waals surface area contributed by atoms with Crippen LogP contribution in [0.25, 0.3) is 0 Å². The van der Waals surface area contributed by atoms with Crippen molar-refractivity contribution in [1.82, 2.24) is 15.5 Å². The van der Waals surface area contributed by atoms with E-state index >= 15 is 0 Å². The third kappa shape index (κ3) is 1.97. The van der Waals surface area contributed by atoms with Gasteiger partial charge in [0.15, 0.2) is 0 Å². The van der Waals surface area contributed by atoms with Gasteiger partial charge in [-0.2, -0.15) is 0 Å². The minimum absolute atomic E-state index is 0.317. The quantitative estimate of drug-likeness (QED) is 0.811. The van der Waals surface area contributed by atoms with Gasteiger partial charge in [0.1, 0.15) is 0 Å². The summed E-state index contributed by atoms with van der Waals surface area (Å²) in [6, 6.07) is 0. The largest absolute Gasteiger partial charge is 0.425 e. The molecule has 0 aliphatic carbocycles. The highest BCUT2D eigenvalue weighted by atomic mass is 16.5. The van der Waals surface area contributed by atoms with Crippen molar-refractivity contribution in [3.05, 3.63) is 11.8 Å². The summed E-state index contributed by atoms with van der Waals surface area (Å²) in [6.07, 6.45) is 3.34. The molecule has 5 heteroatoms. The average molecular weight is 223 g/mol. The maximum Gasteiger partial charge on any atom is 0.222 e. The lowest BCUT2D eigenvalue weighted by molar-refractivity contribution is 0.190. The van der Waals surface area contributed by atoms with E-state index in [2.05, 4.69) is 15.5 Å². The highest BCUT2D eigenvalue weighted by molar-refractivity contribution is 4.98. The van der Waals surface area contributed by atoms with Gasteiger partial charge in [0, 0.05) is 19.1 Å². The molecule has 0 bridgehead atoms. The topological polar surface area (TPSA) is 60.2 Å². The number of aromatic nitrogens is 2. The molecule has 5 nitrogen and oxygen atoms in total. The van der Waals surface area contributed by atoms with Gasteiger partial charge in [-0.1, -0.05) is 0 Å². The highest BCUT2D eigenvalue weighted by Gasteiger charge is 2.26. The van der Waals surface area contributed by atoms with Crippen LogP contribution in [0.3, 0.4) is 0 Å². The molecule has 1 N–H and O–H groups in total. The Balaban J connectivity index is 1.71. The van der Waals surface area contributed by atoms with Crippen molar-refractivity contribution in [2.45, 2.75) is 31.1 Å². The fraction of sp³-hybridized carbons (Fsp3) is 0.818. The maximum absolute atomic E-state index is 5.76. The van der Waals surface area contributed by atoms with E-state index in [1.54, 1.807) is 0 Å². The molecule has 3 heterocycles. The summed E-state index contributed by atoms with van der Waals surface area (Å²) in [5.41, 5.74) is 0. The third-order valence-electron chi connectivity index (χ3n) is 3.38. The van der Waals surface area contributed by atoms with Crippen LogP contribution in [0, 0.1) is 0 Å². The fourth-order valence-electron chi connectivity index (χ4n) is 2.37. The molecular weight excluding hydrogens is 206 g/mol. The molecule has 2 saturated heterocycles. The van der Waals surface area contributed by atoms with Crippen molar-refractivity contribution >= 4 is 0 Å². The first kappa shape index (κ1) is 10.2. The maximum atomic E-state index is 5.76. The Hall–Kier alpha value is -0.940. The van der Waals surface area contributed by atoms with Gasteiger partial charge in [-0.15, -0.1) is 10.2 Å². The predicted octanol–water partition coefficient (Wildman–Crippen LogP) is 1.04. The summed E-state index contributed by atoms with van der Waals surface area (Å²) in [4.78, 5) is 0. The van der Waals surface area contributed by atoms with E-state index in [1.165, 1.54) is 6.42 Å². The molecule has 0 saturated carbocycles. The molecule has 88 valence electrons. The zero-order valence-electron chi connectivity index (χ0n) is 9.32. The lowest BCUT2D eigenvalue weighted by Crippen LogP contribution is -2.28. The number of nitrogens with zero attached hydrogens (tertiary/aromatic N) is 2. The van der Waals surface area contributed by atoms with E-state index in [1.807, 2.05) is 0 Å². The molecule has 0 aromatic carbocycles. The van der Waals surface area contributed by atoms with Gasteiger partial charge >= 0.3 is 0 Å². The Morgan fingerprint density at radius 3 is 2.69 bits per heavy atom. The fourth-order valence-corrected chi connectivity index (χ4v) is 2.37. The Bertz CT molecular complexity index is 341. The van der Waals surface area contributed by atoms with Gasteiger partial charge in [-0.3, -0.25) is 0 Å². The summed E-state index contributed by atoms with van der Waals surface area (Å²) < 4.78 is 11.1. The molecule has 0 amide bonds. The molecule has 16 heavy (non-hydrogen) atoms. The summed E-state index contributed by atoms with van der Waals surface area (Å²) >= 11 is 0. The van der Waals surface area contributed by atoms with Gasteiger partial charge < -0.3 is 14.5 Å². The van der Waals surface area contributed by atoms with Crippen molar-refractivity contribution in [1.29, 1.82) is 0 Å². The minimum Gasteiger partial charge on any atom is -0.425 e. The van der Waals surface area contributed by atoms with E-state index in [9.17, 15) is 0 Å². The Labute approximate surface area is 94.6 Å². The predicted molar refractivity (Wildman–Crippen MR) is 57.3 cm³/mol. The highest BCUT2D eigenvalue weighted by Crippen LogP contribution is 2.27. The van der Waals surface area contributed by atoms with Crippen molar-refractivity contribution < 1.29 is 9.15 Å².